The van der Waals surface area contributed by atoms with E-state index in [-0.39, 0.29) is 10.0 Å². The highest BCUT2D eigenvalue weighted by Gasteiger charge is 2.36. The van der Waals surface area contributed by atoms with E-state index >= 15 is 0 Å². The molecule has 0 saturated heterocycles. The molecule has 0 spiro atoms. The van der Waals surface area contributed by atoms with Crippen molar-refractivity contribution in [3.8, 4) is 0 Å². The van der Waals surface area contributed by atoms with Crippen LogP contribution in [0.4, 0.5) is 9.18 Å². The van der Waals surface area contributed by atoms with Crippen LogP contribution in [0.2, 0.25) is 0 Å². The number of carboxylic acids is 1. The molecule has 1 aromatic carbocycles. The number of carbonyl (C=O) groups is 2. The van der Waals surface area contributed by atoms with Crippen molar-refractivity contribution >= 4 is 28.0 Å². The minimum absolute atomic E-state index is 0.165. The molecule has 23 heavy (non-hydrogen) atoms. The number of carbonyl (C=O) groups excluding carboxylic acids is 1. The standard InChI is InChI=1S/C16H21BrFNO4/c1-9(2)19(15(22)23-16(3,4)5)13(14(20)21)10-6-7-11(17)12(18)8-10/h6-9,13H,1-5H3,(H,20,21). The lowest BCUT2D eigenvalue weighted by Gasteiger charge is -2.34. The Morgan fingerprint density at radius 1 is 1.30 bits per heavy atom. The number of hydrogen-bond acceptors (Lipinski definition) is 3. The highest BCUT2D eigenvalue weighted by Crippen LogP contribution is 2.28. The summed E-state index contributed by atoms with van der Waals surface area (Å²) in [5.74, 6) is -1.85. The fourth-order valence-electron chi connectivity index (χ4n) is 2.03. The third kappa shape index (κ3) is 5.20. The number of carboxylic acid groups (broad SMARTS) is 1. The Balaban J connectivity index is 3.29. The van der Waals surface area contributed by atoms with Crippen LogP contribution in [0.15, 0.2) is 22.7 Å². The maximum absolute atomic E-state index is 13.8. The molecule has 1 rings (SSSR count). The molecule has 0 aliphatic rings. The molecule has 0 aliphatic carbocycles. The van der Waals surface area contributed by atoms with Crippen LogP contribution in [-0.4, -0.2) is 33.7 Å². The van der Waals surface area contributed by atoms with Gasteiger partial charge in [0.15, 0.2) is 6.04 Å². The molecule has 0 aliphatic heterocycles. The van der Waals surface area contributed by atoms with Gasteiger partial charge in [0, 0.05) is 6.04 Å². The first kappa shape index (κ1) is 19.4. The lowest BCUT2D eigenvalue weighted by atomic mass is 10.0. The third-order valence-electron chi connectivity index (χ3n) is 2.93. The summed E-state index contributed by atoms with van der Waals surface area (Å²) in [6.45, 7) is 8.43. The van der Waals surface area contributed by atoms with Crippen molar-refractivity contribution in [2.24, 2.45) is 0 Å². The summed E-state index contributed by atoms with van der Waals surface area (Å²) in [6.07, 6.45) is -0.761. The lowest BCUT2D eigenvalue weighted by Crippen LogP contribution is -2.45. The molecule has 1 amide bonds. The van der Waals surface area contributed by atoms with Crippen LogP contribution in [0.25, 0.3) is 0 Å². The maximum atomic E-state index is 13.8. The smallest absolute Gasteiger partial charge is 0.411 e. The zero-order valence-electron chi connectivity index (χ0n) is 13.8. The van der Waals surface area contributed by atoms with Crippen LogP contribution < -0.4 is 0 Å². The molecule has 0 bridgehead atoms. The van der Waals surface area contributed by atoms with Gasteiger partial charge in [0.25, 0.3) is 0 Å². The summed E-state index contributed by atoms with van der Waals surface area (Å²) in [7, 11) is 0. The van der Waals surface area contributed by atoms with E-state index in [1.165, 1.54) is 12.1 Å². The van der Waals surface area contributed by atoms with E-state index in [0.717, 1.165) is 11.0 Å². The molecule has 0 saturated carbocycles. The number of ether oxygens (including phenoxy) is 1. The van der Waals surface area contributed by atoms with Crippen LogP contribution in [0.5, 0.6) is 0 Å². The molecule has 0 heterocycles. The summed E-state index contributed by atoms with van der Waals surface area (Å²) in [6, 6.07) is 2.19. The number of halogens is 2. The van der Waals surface area contributed by atoms with Crippen LogP contribution in [0.1, 0.15) is 46.2 Å². The van der Waals surface area contributed by atoms with E-state index in [0.29, 0.717) is 0 Å². The van der Waals surface area contributed by atoms with Crippen LogP contribution in [0, 0.1) is 5.82 Å². The number of hydrogen-bond donors (Lipinski definition) is 1. The Morgan fingerprint density at radius 2 is 1.87 bits per heavy atom. The van der Waals surface area contributed by atoms with Crippen LogP contribution in [0.3, 0.4) is 0 Å². The van der Waals surface area contributed by atoms with Crippen molar-refractivity contribution in [3.63, 3.8) is 0 Å². The fourth-order valence-corrected chi connectivity index (χ4v) is 2.28. The SMILES string of the molecule is CC(C)N(C(=O)OC(C)(C)C)C(C(=O)O)c1ccc(Br)c(F)c1. The summed E-state index contributed by atoms with van der Waals surface area (Å²) >= 11 is 3.02. The van der Waals surface area contributed by atoms with Crippen LogP contribution >= 0.6 is 15.9 Å². The molecule has 5 nitrogen and oxygen atoms in total. The average molecular weight is 390 g/mol. The van der Waals surface area contributed by atoms with E-state index < -0.39 is 35.6 Å². The lowest BCUT2D eigenvalue weighted by molar-refractivity contribution is -0.144. The zero-order chi connectivity index (χ0) is 17.9. The van der Waals surface area contributed by atoms with E-state index in [9.17, 15) is 19.1 Å². The molecule has 1 aromatic rings. The molecule has 0 fully saturated rings. The van der Waals surface area contributed by atoms with Gasteiger partial charge >= 0.3 is 12.1 Å². The Hall–Kier alpha value is -1.63. The second kappa shape index (κ2) is 7.29. The summed E-state index contributed by atoms with van der Waals surface area (Å²) in [5.41, 5.74) is -0.601. The van der Waals surface area contributed by atoms with E-state index in [4.69, 9.17) is 4.74 Å². The molecule has 0 radical (unpaired) electrons. The topological polar surface area (TPSA) is 66.8 Å². The summed E-state index contributed by atoms with van der Waals surface area (Å²) in [4.78, 5) is 25.2. The molecular weight excluding hydrogens is 369 g/mol. The van der Waals surface area contributed by atoms with Crippen molar-refractivity contribution in [1.29, 1.82) is 0 Å². The number of rotatable bonds is 4. The van der Waals surface area contributed by atoms with Crippen molar-refractivity contribution in [2.75, 3.05) is 0 Å². The normalized spacial score (nSPS) is 12.9. The van der Waals surface area contributed by atoms with Gasteiger partial charge in [-0.05, 0) is 68.2 Å². The predicted octanol–water partition coefficient (Wildman–Crippen LogP) is 4.36. The molecule has 7 heteroatoms. The van der Waals surface area contributed by atoms with Gasteiger partial charge < -0.3 is 9.84 Å². The first-order valence-electron chi connectivity index (χ1n) is 7.13. The maximum Gasteiger partial charge on any atom is 0.411 e. The number of aliphatic carboxylic acids is 1. The predicted molar refractivity (Wildman–Crippen MR) is 87.7 cm³/mol. The Bertz CT molecular complexity index is 598. The minimum atomic E-state index is -1.34. The minimum Gasteiger partial charge on any atom is -0.479 e. The molecule has 0 aromatic heterocycles. The summed E-state index contributed by atoms with van der Waals surface area (Å²) < 4.78 is 19.3. The third-order valence-corrected chi connectivity index (χ3v) is 3.58. The molecule has 1 unspecified atom stereocenters. The van der Waals surface area contributed by atoms with Crippen molar-refractivity contribution in [1.82, 2.24) is 4.90 Å². The number of nitrogens with zero attached hydrogens (tertiary/aromatic N) is 1. The number of amides is 1. The van der Waals surface area contributed by atoms with Gasteiger partial charge in [-0.2, -0.15) is 0 Å². The van der Waals surface area contributed by atoms with Gasteiger partial charge in [-0.25, -0.2) is 14.0 Å². The van der Waals surface area contributed by atoms with E-state index in [2.05, 4.69) is 15.9 Å². The Kier molecular flexibility index (Phi) is 6.16. The van der Waals surface area contributed by atoms with Crippen LogP contribution in [-0.2, 0) is 9.53 Å². The second-order valence-electron chi connectivity index (χ2n) is 6.40. The van der Waals surface area contributed by atoms with E-state index in [1.54, 1.807) is 34.6 Å². The molecule has 1 atom stereocenters. The molecule has 1 N–H and O–H groups in total. The van der Waals surface area contributed by atoms with E-state index in [1.807, 2.05) is 0 Å². The van der Waals surface area contributed by atoms with Gasteiger partial charge in [0.1, 0.15) is 11.4 Å². The second-order valence-corrected chi connectivity index (χ2v) is 7.25. The quantitative estimate of drug-likeness (QED) is 0.830. The average Bonchev–Trinajstić information content (AvgIpc) is 2.36. The highest BCUT2D eigenvalue weighted by molar-refractivity contribution is 9.10. The van der Waals surface area contributed by atoms with Gasteiger partial charge in [-0.3, -0.25) is 4.90 Å². The zero-order valence-corrected chi connectivity index (χ0v) is 15.3. The van der Waals surface area contributed by atoms with Crippen molar-refractivity contribution in [2.45, 2.75) is 52.3 Å². The highest BCUT2D eigenvalue weighted by atomic mass is 79.9. The monoisotopic (exact) mass is 389 g/mol. The number of benzene rings is 1. The molecule has 128 valence electrons. The first-order valence-corrected chi connectivity index (χ1v) is 7.92. The van der Waals surface area contributed by atoms with Gasteiger partial charge in [0.2, 0.25) is 0 Å². The van der Waals surface area contributed by atoms with Gasteiger partial charge in [0.05, 0.1) is 4.47 Å². The fraction of sp³-hybridized carbons (Fsp3) is 0.500. The largest absolute Gasteiger partial charge is 0.479 e. The molecular formula is C16H21BrFNO4. The first-order chi connectivity index (χ1) is 10.4. The Labute approximate surface area is 143 Å². The van der Waals surface area contributed by atoms with Crippen molar-refractivity contribution in [3.05, 3.63) is 34.1 Å². The van der Waals surface area contributed by atoms with Gasteiger partial charge in [-0.1, -0.05) is 6.07 Å². The summed E-state index contributed by atoms with van der Waals surface area (Å²) in [5, 5.41) is 9.57. The Morgan fingerprint density at radius 3 is 2.26 bits per heavy atom. The van der Waals surface area contributed by atoms with Gasteiger partial charge in [-0.15, -0.1) is 0 Å². The van der Waals surface area contributed by atoms with Crippen molar-refractivity contribution < 1.29 is 23.8 Å².